The van der Waals surface area contributed by atoms with Crippen LogP contribution in [0.5, 0.6) is 0 Å². The molecule has 1 aromatic carbocycles. The van der Waals surface area contributed by atoms with E-state index in [2.05, 4.69) is 10.6 Å². The molecule has 0 spiro atoms. The van der Waals surface area contributed by atoms with Crippen molar-refractivity contribution in [2.24, 2.45) is 0 Å². The Hall–Kier alpha value is -1.97. The molecule has 2 N–H and O–H groups in total. The number of carbonyl (C=O) groups excluding carboxylic acids is 2. The van der Waals surface area contributed by atoms with Gasteiger partial charge in [0.2, 0.25) is 15.9 Å². The van der Waals surface area contributed by atoms with Gasteiger partial charge in [-0.3, -0.25) is 9.59 Å². The smallest absolute Gasteiger partial charge is 0.251 e. The quantitative estimate of drug-likeness (QED) is 0.734. The number of benzene rings is 1. The van der Waals surface area contributed by atoms with Crippen LogP contribution in [0, 0.1) is 6.92 Å². The molecule has 2 rings (SSSR count). The van der Waals surface area contributed by atoms with Gasteiger partial charge in [0, 0.05) is 25.2 Å². The summed E-state index contributed by atoms with van der Waals surface area (Å²) in [5.74, 6) is -0.795. The highest BCUT2D eigenvalue weighted by atomic mass is 32.2. The molecule has 1 saturated heterocycles. The number of nitrogens with one attached hydrogen (secondary N) is 2. The Labute approximate surface area is 153 Å². The van der Waals surface area contributed by atoms with Crippen molar-refractivity contribution in [1.82, 2.24) is 14.9 Å². The lowest BCUT2D eigenvalue weighted by Gasteiger charge is -2.26. The summed E-state index contributed by atoms with van der Waals surface area (Å²) < 4.78 is 32.3. The Morgan fingerprint density at radius 2 is 1.92 bits per heavy atom. The van der Waals surface area contributed by atoms with Gasteiger partial charge < -0.3 is 15.4 Å². The molecule has 0 bridgehead atoms. The molecule has 9 heteroatoms. The Bertz CT molecular complexity index is 773. The molecule has 2 amide bonds. The number of morpholine rings is 1. The van der Waals surface area contributed by atoms with Crippen molar-refractivity contribution in [3.63, 3.8) is 0 Å². The van der Waals surface area contributed by atoms with Gasteiger partial charge in [0.05, 0.1) is 18.1 Å². The average Bonchev–Trinajstić information content (AvgIpc) is 2.62. The van der Waals surface area contributed by atoms with Crippen molar-refractivity contribution in [1.29, 1.82) is 0 Å². The van der Waals surface area contributed by atoms with Crippen molar-refractivity contribution in [2.75, 3.05) is 32.8 Å². The summed E-state index contributed by atoms with van der Waals surface area (Å²) in [6, 6.07) is 3.79. The third-order valence-corrected chi connectivity index (χ3v) is 6.17. The van der Waals surface area contributed by atoms with Gasteiger partial charge in [-0.05, 0) is 38.5 Å². The molecular formula is C17H25N3O5S. The largest absolute Gasteiger partial charge is 0.379 e. The monoisotopic (exact) mass is 383 g/mol. The summed E-state index contributed by atoms with van der Waals surface area (Å²) in [5, 5.41) is 5.20. The van der Waals surface area contributed by atoms with Gasteiger partial charge in [0.1, 0.15) is 6.04 Å². The van der Waals surface area contributed by atoms with Crippen molar-refractivity contribution in [3.8, 4) is 0 Å². The fourth-order valence-electron chi connectivity index (χ4n) is 2.62. The summed E-state index contributed by atoms with van der Waals surface area (Å²) in [7, 11) is -3.71. The Morgan fingerprint density at radius 1 is 1.27 bits per heavy atom. The van der Waals surface area contributed by atoms with Crippen LogP contribution in [-0.2, 0) is 19.6 Å². The third-order valence-electron chi connectivity index (χ3n) is 4.13. The van der Waals surface area contributed by atoms with Crippen molar-refractivity contribution >= 4 is 21.8 Å². The molecule has 1 aromatic rings. The molecule has 0 aromatic heterocycles. The van der Waals surface area contributed by atoms with E-state index in [0.29, 0.717) is 25.3 Å². The van der Waals surface area contributed by atoms with Gasteiger partial charge in [0.25, 0.3) is 5.91 Å². The van der Waals surface area contributed by atoms with E-state index in [1.165, 1.54) is 10.4 Å². The van der Waals surface area contributed by atoms with Gasteiger partial charge >= 0.3 is 0 Å². The van der Waals surface area contributed by atoms with E-state index in [1.54, 1.807) is 32.9 Å². The van der Waals surface area contributed by atoms with Crippen LogP contribution >= 0.6 is 0 Å². The van der Waals surface area contributed by atoms with Crippen LogP contribution in [0.4, 0.5) is 0 Å². The lowest BCUT2D eigenvalue weighted by molar-refractivity contribution is -0.122. The maximum Gasteiger partial charge on any atom is 0.251 e. The van der Waals surface area contributed by atoms with Crippen LogP contribution in [0.25, 0.3) is 0 Å². The number of nitrogens with zero attached hydrogens (tertiary/aromatic N) is 1. The fourth-order valence-corrected chi connectivity index (χ4v) is 4.28. The van der Waals surface area contributed by atoms with Crippen LogP contribution in [0.2, 0.25) is 0 Å². The topological polar surface area (TPSA) is 105 Å². The molecule has 144 valence electrons. The van der Waals surface area contributed by atoms with E-state index < -0.39 is 22.0 Å². The minimum Gasteiger partial charge on any atom is -0.379 e. The molecular weight excluding hydrogens is 358 g/mol. The summed E-state index contributed by atoms with van der Waals surface area (Å²) in [4.78, 5) is 24.3. The molecule has 1 atom stereocenters. The molecule has 0 unspecified atom stereocenters. The molecule has 26 heavy (non-hydrogen) atoms. The predicted molar refractivity (Wildman–Crippen MR) is 96.4 cm³/mol. The number of rotatable bonds is 6. The molecule has 1 aliphatic rings. The number of ether oxygens (including phenoxy) is 1. The van der Waals surface area contributed by atoms with Crippen LogP contribution in [0.1, 0.15) is 29.8 Å². The Kier molecular flexibility index (Phi) is 6.74. The average molecular weight is 383 g/mol. The molecule has 1 heterocycles. The van der Waals surface area contributed by atoms with E-state index in [0.717, 1.165) is 0 Å². The Balaban J connectivity index is 2.23. The van der Waals surface area contributed by atoms with Gasteiger partial charge in [0.15, 0.2) is 0 Å². The number of carbonyl (C=O) groups is 2. The summed E-state index contributed by atoms with van der Waals surface area (Å²) >= 11 is 0. The second-order valence-corrected chi connectivity index (χ2v) is 7.99. The standard InChI is InChI=1S/C17H25N3O5S/c1-4-18-16(21)13(3)19-17(22)14-6-5-12(2)15(11-14)26(23,24)20-7-9-25-10-8-20/h5-6,11,13H,4,7-10H2,1-3H3,(H,18,21)(H,19,22)/t13-/m0/s1. The summed E-state index contributed by atoms with van der Waals surface area (Å²) in [6.07, 6.45) is 0. The van der Waals surface area contributed by atoms with Crippen molar-refractivity contribution in [2.45, 2.75) is 31.7 Å². The van der Waals surface area contributed by atoms with Crippen molar-refractivity contribution in [3.05, 3.63) is 29.3 Å². The molecule has 0 saturated carbocycles. The lowest BCUT2D eigenvalue weighted by atomic mass is 10.1. The molecule has 1 fully saturated rings. The molecule has 0 radical (unpaired) electrons. The first kappa shape index (κ1) is 20.3. The van der Waals surface area contributed by atoms with E-state index in [9.17, 15) is 18.0 Å². The number of hydrogen-bond donors (Lipinski definition) is 2. The number of likely N-dealkylation sites (N-methyl/N-ethyl adjacent to an activating group) is 1. The summed E-state index contributed by atoms with van der Waals surface area (Å²) in [6.45, 7) is 6.78. The zero-order valence-electron chi connectivity index (χ0n) is 15.2. The van der Waals surface area contributed by atoms with Gasteiger partial charge in [-0.15, -0.1) is 0 Å². The number of hydrogen-bond acceptors (Lipinski definition) is 5. The second kappa shape index (κ2) is 8.61. The zero-order chi connectivity index (χ0) is 19.3. The van der Waals surface area contributed by atoms with Crippen molar-refractivity contribution < 1.29 is 22.7 Å². The summed E-state index contributed by atoms with van der Waals surface area (Å²) in [5.41, 5.74) is 0.753. The predicted octanol–water partition coefficient (Wildman–Crippen LogP) is 0.270. The number of sulfonamides is 1. The fraction of sp³-hybridized carbons (Fsp3) is 0.529. The zero-order valence-corrected chi connectivity index (χ0v) is 16.1. The maximum absolute atomic E-state index is 12.9. The number of aryl methyl sites for hydroxylation is 1. The highest BCUT2D eigenvalue weighted by Gasteiger charge is 2.28. The van der Waals surface area contributed by atoms with E-state index in [1.807, 2.05) is 0 Å². The van der Waals surface area contributed by atoms with Crippen LogP contribution in [-0.4, -0.2) is 63.4 Å². The number of amides is 2. The first-order valence-electron chi connectivity index (χ1n) is 8.54. The normalized spacial score (nSPS) is 16.7. The van der Waals surface area contributed by atoms with E-state index in [-0.39, 0.29) is 29.5 Å². The van der Waals surface area contributed by atoms with Crippen LogP contribution < -0.4 is 10.6 Å². The van der Waals surface area contributed by atoms with E-state index in [4.69, 9.17) is 4.74 Å². The molecule has 1 aliphatic heterocycles. The minimum absolute atomic E-state index is 0.0951. The van der Waals surface area contributed by atoms with Crippen LogP contribution in [0.3, 0.4) is 0 Å². The third kappa shape index (κ3) is 4.60. The van der Waals surface area contributed by atoms with Crippen LogP contribution in [0.15, 0.2) is 23.1 Å². The van der Waals surface area contributed by atoms with Gasteiger partial charge in [-0.1, -0.05) is 6.07 Å². The molecule has 8 nitrogen and oxygen atoms in total. The first-order valence-corrected chi connectivity index (χ1v) is 9.98. The highest BCUT2D eigenvalue weighted by Crippen LogP contribution is 2.22. The lowest BCUT2D eigenvalue weighted by Crippen LogP contribution is -2.44. The maximum atomic E-state index is 12.9. The SMILES string of the molecule is CCNC(=O)[C@H](C)NC(=O)c1ccc(C)c(S(=O)(=O)N2CCOCC2)c1. The highest BCUT2D eigenvalue weighted by molar-refractivity contribution is 7.89. The first-order chi connectivity index (χ1) is 12.3. The Morgan fingerprint density at radius 3 is 2.54 bits per heavy atom. The second-order valence-electron chi connectivity index (χ2n) is 6.09. The van der Waals surface area contributed by atoms with E-state index >= 15 is 0 Å². The van der Waals surface area contributed by atoms with Gasteiger partial charge in [-0.2, -0.15) is 4.31 Å². The minimum atomic E-state index is -3.71. The molecule has 0 aliphatic carbocycles. The van der Waals surface area contributed by atoms with Gasteiger partial charge in [-0.25, -0.2) is 8.42 Å².